The van der Waals surface area contributed by atoms with Crippen LogP contribution in [-0.2, 0) is 14.3 Å². The summed E-state index contributed by atoms with van der Waals surface area (Å²) in [5.74, 6) is 0. The standard InChI is InChI=1S/C5H10O2S/c1-3-4-8(2,7)5-6/h4-5H,3H2,1-2H3. The van der Waals surface area contributed by atoms with E-state index >= 15 is 0 Å². The van der Waals surface area contributed by atoms with E-state index < -0.39 is 9.52 Å². The van der Waals surface area contributed by atoms with Crippen LogP contribution in [0.1, 0.15) is 13.3 Å². The Hall–Kier alpha value is -0.310. The summed E-state index contributed by atoms with van der Waals surface area (Å²) in [5, 5.41) is 1.53. The first-order chi connectivity index (χ1) is 3.62. The van der Waals surface area contributed by atoms with Gasteiger partial charge in [-0.1, -0.05) is 6.92 Å². The third-order valence-corrected chi connectivity index (χ3v) is 2.07. The van der Waals surface area contributed by atoms with Gasteiger partial charge in [-0.3, -0.25) is 9.00 Å². The van der Waals surface area contributed by atoms with E-state index in [1.54, 1.807) is 0 Å². The fraction of sp³-hybridized carbons (Fsp3) is 0.600. The van der Waals surface area contributed by atoms with Crippen LogP contribution >= 0.6 is 0 Å². The SMILES string of the molecule is CCC=S(C)(=O)C=O. The van der Waals surface area contributed by atoms with Crippen LogP contribution in [0.25, 0.3) is 0 Å². The average Bonchev–Trinajstić information content (AvgIpc) is 1.67. The summed E-state index contributed by atoms with van der Waals surface area (Å²) in [7, 11) is -2.23. The molecule has 0 fully saturated rings. The van der Waals surface area contributed by atoms with Crippen molar-refractivity contribution >= 4 is 20.5 Å². The monoisotopic (exact) mass is 134 g/mol. The van der Waals surface area contributed by atoms with Crippen LogP contribution in [0.15, 0.2) is 0 Å². The predicted molar refractivity (Wildman–Crippen MR) is 37.2 cm³/mol. The first kappa shape index (κ1) is 7.69. The van der Waals surface area contributed by atoms with E-state index in [0.717, 1.165) is 0 Å². The molecule has 2 nitrogen and oxygen atoms in total. The number of carbonyl (C=O) groups is 1. The Kier molecular flexibility index (Phi) is 2.76. The lowest BCUT2D eigenvalue weighted by Gasteiger charge is -1.86. The third kappa shape index (κ3) is 2.80. The predicted octanol–water partition coefficient (Wildman–Crippen LogP) is 0.303. The van der Waals surface area contributed by atoms with Crippen molar-refractivity contribution in [3.05, 3.63) is 0 Å². The van der Waals surface area contributed by atoms with Gasteiger partial charge in [-0.15, -0.1) is 0 Å². The Balaban J connectivity index is 4.35. The smallest absolute Gasteiger partial charge is 0.198 e. The molecular weight excluding hydrogens is 124 g/mol. The quantitative estimate of drug-likeness (QED) is 0.402. The summed E-state index contributed by atoms with van der Waals surface area (Å²) in [6.45, 7) is 1.85. The van der Waals surface area contributed by atoms with E-state index in [1.165, 1.54) is 11.6 Å². The molecule has 0 rings (SSSR count). The fourth-order valence-electron chi connectivity index (χ4n) is 0.370. The van der Waals surface area contributed by atoms with E-state index in [1.807, 2.05) is 6.92 Å². The average molecular weight is 134 g/mol. The maximum atomic E-state index is 10.7. The lowest BCUT2D eigenvalue weighted by atomic mass is 10.6. The molecule has 0 aromatic heterocycles. The summed E-state index contributed by atoms with van der Waals surface area (Å²) in [5.41, 5.74) is 0.497. The number of carbonyl (C=O) groups excluding carboxylic acids is 1. The first-order valence-corrected chi connectivity index (χ1v) is 4.49. The van der Waals surface area contributed by atoms with E-state index in [9.17, 15) is 9.00 Å². The molecule has 0 saturated heterocycles. The maximum Gasteiger partial charge on any atom is 0.198 e. The van der Waals surface area contributed by atoms with Gasteiger partial charge in [0, 0.05) is 15.8 Å². The minimum atomic E-state index is -2.23. The molecule has 0 spiro atoms. The highest BCUT2D eigenvalue weighted by molar-refractivity contribution is 8.12. The Labute approximate surface area is 49.9 Å². The van der Waals surface area contributed by atoms with Gasteiger partial charge in [-0.25, -0.2) is 0 Å². The Morgan fingerprint density at radius 1 is 1.62 bits per heavy atom. The molecule has 0 aromatic rings. The highest BCUT2D eigenvalue weighted by Crippen LogP contribution is 1.78. The van der Waals surface area contributed by atoms with Crippen molar-refractivity contribution in [3.8, 4) is 0 Å². The molecule has 3 heteroatoms. The van der Waals surface area contributed by atoms with Gasteiger partial charge in [0.2, 0.25) is 0 Å². The van der Waals surface area contributed by atoms with Gasteiger partial charge in [0.05, 0.1) is 0 Å². The minimum absolute atomic E-state index is 0.497. The van der Waals surface area contributed by atoms with Crippen LogP contribution in [0.5, 0.6) is 0 Å². The van der Waals surface area contributed by atoms with Crippen molar-refractivity contribution in [3.63, 3.8) is 0 Å². The van der Waals surface area contributed by atoms with Gasteiger partial charge in [0.1, 0.15) is 0 Å². The molecule has 0 aliphatic rings. The van der Waals surface area contributed by atoms with E-state index in [4.69, 9.17) is 0 Å². The van der Waals surface area contributed by atoms with Crippen molar-refractivity contribution in [1.82, 2.24) is 0 Å². The van der Waals surface area contributed by atoms with Gasteiger partial charge in [0.15, 0.2) is 5.62 Å². The van der Waals surface area contributed by atoms with Crippen LogP contribution < -0.4 is 0 Å². The second-order valence-corrected chi connectivity index (χ2v) is 4.10. The molecule has 0 heterocycles. The van der Waals surface area contributed by atoms with E-state index in [0.29, 0.717) is 12.0 Å². The third-order valence-electron chi connectivity index (χ3n) is 0.689. The number of hydrogen-bond acceptors (Lipinski definition) is 2. The van der Waals surface area contributed by atoms with Gasteiger partial charge in [-0.2, -0.15) is 0 Å². The molecule has 0 aliphatic heterocycles. The molecule has 8 heavy (non-hydrogen) atoms. The molecule has 48 valence electrons. The Bertz CT molecular complexity index is 175. The normalized spacial score (nSPS) is 16.8. The molecule has 0 aromatic carbocycles. The van der Waals surface area contributed by atoms with Crippen molar-refractivity contribution in [2.24, 2.45) is 0 Å². The van der Waals surface area contributed by atoms with Crippen molar-refractivity contribution in [1.29, 1.82) is 0 Å². The molecule has 1 unspecified atom stereocenters. The van der Waals surface area contributed by atoms with Gasteiger partial charge in [-0.05, 0) is 11.8 Å². The topological polar surface area (TPSA) is 34.1 Å². The van der Waals surface area contributed by atoms with Crippen LogP contribution in [0, 0.1) is 0 Å². The molecule has 0 N–H and O–H groups in total. The van der Waals surface area contributed by atoms with Crippen LogP contribution in [-0.4, -0.2) is 21.5 Å². The van der Waals surface area contributed by atoms with Crippen molar-refractivity contribution < 1.29 is 9.00 Å². The summed E-state index contributed by atoms with van der Waals surface area (Å²) in [6.07, 6.45) is 2.12. The second kappa shape index (κ2) is 2.87. The summed E-state index contributed by atoms with van der Waals surface area (Å²) in [6, 6.07) is 0. The lowest BCUT2D eigenvalue weighted by molar-refractivity contribution is 0.567. The van der Waals surface area contributed by atoms with Gasteiger partial charge >= 0.3 is 0 Å². The molecule has 0 aliphatic carbocycles. The summed E-state index contributed by atoms with van der Waals surface area (Å²) in [4.78, 5) is 9.91. The van der Waals surface area contributed by atoms with E-state index in [-0.39, 0.29) is 0 Å². The number of hydrogen-bond donors (Lipinski definition) is 0. The number of rotatable bonds is 2. The zero-order valence-electron chi connectivity index (χ0n) is 5.09. The molecule has 0 amide bonds. The Morgan fingerprint density at radius 2 is 2.12 bits per heavy atom. The first-order valence-electron chi connectivity index (χ1n) is 2.40. The lowest BCUT2D eigenvalue weighted by Crippen LogP contribution is -1.99. The van der Waals surface area contributed by atoms with Crippen LogP contribution in [0.3, 0.4) is 0 Å². The van der Waals surface area contributed by atoms with Gasteiger partial charge in [0.25, 0.3) is 0 Å². The summed E-state index contributed by atoms with van der Waals surface area (Å²) < 4.78 is 10.7. The molecule has 0 radical (unpaired) electrons. The zero-order valence-corrected chi connectivity index (χ0v) is 5.90. The second-order valence-electron chi connectivity index (χ2n) is 1.64. The van der Waals surface area contributed by atoms with Crippen molar-refractivity contribution in [2.75, 3.05) is 6.26 Å². The maximum absolute atomic E-state index is 10.7. The Morgan fingerprint density at radius 3 is 2.25 bits per heavy atom. The van der Waals surface area contributed by atoms with Gasteiger partial charge < -0.3 is 0 Å². The zero-order chi connectivity index (χ0) is 6.62. The van der Waals surface area contributed by atoms with E-state index in [2.05, 4.69) is 0 Å². The van der Waals surface area contributed by atoms with Crippen molar-refractivity contribution in [2.45, 2.75) is 13.3 Å². The molecular formula is C5H10O2S. The van der Waals surface area contributed by atoms with Crippen LogP contribution in [0.2, 0.25) is 0 Å². The molecule has 1 atom stereocenters. The van der Waals surface area contributed by atoms with Crippen LogP contribution in [0.4, 0.5) is 0 Å². The largest absolute Gasteiger partial charge is 0.289 e. The molecule has 0 saturated carbocycles. The fourth-order valence-corrected chi connectivity index (χ4v) is 1.11. The highest BCUT2D eigenvalue weighted by atomic mass is 32.2. The summed E-state index contributed by atoms with van der Waals surface area (Å²) >= 11 is 0. The minimum Gasteiger partial charge on any atom is -0.289 e. The molecule has 0 bridgehead atoms. The highest BCUT2D eigenvalue weighted by Gasteiger charge is 1.89.